The molecule has 0 aliphatic heterocycles. The maximum absolute atomic E-state index is 12.1. The Morgan fingerprint density at radius 1 is 0.950 bits per heavy atom. The second-order valence-corrected chi connectivity index (χ2v) is 4.79. The van der Waals surface area contributed by atoms with E-state index >= 15 is 0 Å². The van der Waals surface area contributed by atoms with Gasteiger partial charge in [0.1, 0.15) is 5.69 Å². The molecule has 1 amide bonds. The van der Waals surface area contributed by atoms with E-state index in [2.05, 4.69) is 10.3 Å². The Morgan fingerprint density at radius 3 is 2.50 bits per heavy atom. The van der Waals surface area contributed by atoms with Crippen LogP contribution in [0.1, 0.15) is 10.5 Å². The number of hydrogen-bond donors (Lipinski definition) is 1. The van der Waals surface area contributed by atoms with Gasteiger partial charge in [-0.25, -0.2) is 4.98 Å². The molecule has 20 heavy (non-hydrogen) atoms. The summed E-state index contributed by atoms with van der Waals surface area (Å²) >= 11 is 5.81. The third-order valence-corrected chi connectivity index (χ3v) is 3.19. The summed E-state index contributed by atoms with van der Waals surface area (Å²) in [7, 11) is 0. The van der Waals surface area contributed by atoms with Gasteiger partial charge in [0.15, 0.2) is 0 Å². The third kappa shape index (κ3) is 2.63. The lowest BCUT2D eigenvalue weighted by atomic mass is 10.2. The minimum Gasteiger partial charge on any atom is -0.321 e. The van der Waals surface area contributed by atoms with E-state index in [1.165, 1.54) is 0 Å². The predicted molar refractivity (Wildman–Crippen MR) is 81.1 cm³/mol. The van der Waals surface area contributed by atoms with Gasteiger partial charge in [-0.2, -0.15) is 0 Å². The van der Waals surface area contributed by atoms with E-state index in [0.29, 0.717) is 16.4 Å². The molecule has 4 heteroatoms. The van der Waals surface area contributed by atoms with Crippen molar-refractivity contribution in [3.05, 3.63) is 71.4 Å². The van der Waals surface area contributed by atoms with Gasteiger partial charge in [-0.15, -0.1) is 0 Å². The zero-order valence-electron chi connectivity index (χ0n) is 10.5. The molecule has 0 bridgehead atoms. The average Bonchev–Trinajstić information content (AvgIpc) is 2.49. The molecule has 1 heterocycles. The van der Waals surface area contributed by atoms with Crippen LogP contribution in [0.25, 0.3) is 10.9 Å². The molecule has 3 rings (SSSR count). The second kappa shape index (κ2) is 5.31. The molecule has 0 aliphatic rings. The number of pyridine rings is 1. The highest BCUT2D eigenvalue weighted by atomic mass is 35.5. The van der Waals surface area contributed by atoms with Crippen LogP contribution < -0.4 is 5.32 Å². The summed E-state index contributed by atoms with van der Waals surface area (Å²) in [4.78, 5) is 16.5. The van der Waals surface area contributed by atoms with Crippen LogP contribution in [-0.2, 0) is 0 Å². The van der Waals surface area contributed by atoms with Crippen molar-refractivity contribution < 1.29 is 4.79 Å². The van der Waals surface area contributed by atoms with E-state index < -0.39 is 0 Å². The summed E-state index contributed by atoms with van der Waals surface area (Å²) in [5, 5.41) is 4.43. The van der Waals surface area contributed by atoms with Crippen LogP contribution in [0.4, 0.5) is 5.69 Å². The minimum atomic E-state index is -0.238. The Bertz CT molecular complexity index is 769. The minimum absolute atomic E-state index is 0.238. The van der Waals surface area contributed by atoms with Gasteiger partial charge in [-0.1, -0.05) is 35.9 Å². The van der Waals surface area contributed by atoms with E-state index in [4.69, 9.17) is 11.6 Å². The van der Waals surface area contributed by atoms with Crippen molar-refractivity contribution in [2.45, 2.75) is 0 Å². The summed E-state index contributed by atoms with van der Waals surface area (Å²) in [6.07, 6.45) is 0. The van der Waals surface area contributed by atoms with Crippen LogP contribution in [0, 0.1) is 0 Å². The van der Waals surface area contributed by atoms with Crippen molar-refractivity contribution in [3.8, 4) is 0 Å². The summed E-state index contributed by atoms with van der Waals surface area (Å²) in [6.45, 7) is 0. The van der Waals surface area contributed by atoms with E-state index in [9.17, 15) is 4.79 Å². The number of aromatic nitrogens is 1. The molecule has 0 radical (unpaired) electrons. The number of fused-ring (bicyclic) bond motifs is 1. The molecule has 1 N–H and O–H groups in total. The molecule has 2 aromatic carbocycles. The number of nitrogens with one attached hydrogen (secondary N) is 1. The molecule has 0 saturated heterocycles. The number of rotatable bonds is 2. The van der Waals surface area contributed by atoms with Gasteiger partial charge in [0.25, 0.3) is 5.91 Å². The number of anilines is 1. The Balaban J connectivity index is 1.86. The van der Waals surface area contributed by atoms with Crippen molar-refractivity contribution in [2.75, 3.05) is 5.32 Å². The van der Waals surface area contributed by atoms with Crippen LogP contribution in [0.15, 0.2) is 60.7 Å². The Morgan fingerprint density at radius 2 is 1.70 bits per heavy atom. The SMILES string of the molecule is O=C(Nc1ccc(Cl)cc1)c1ccc2ccccc2n1. The zero-order valence-corrected chi connectivity index (χ0v) is 11.3. The molecule has 98 valence electrons. The van der Waals surface area contributed by atoms with Crippen LogP contribution in [0.5, 0.6) is 0 Å². The van der Waals surface area contributed by atoms with E-state index in [-0.39, 0.29) is 5.91 Å². The number of para-hydroxylation sites is 1. The smallest absolute Gasteiger partial charge is 0.274 e. The lowest BCUT2D eigenvalue weighted by Gasteiger charge is -2.05. The fourth-order valence-corrected chi connectivity index (χ4v) is 2.05. The normalized spacial score (nSPS) is 10.4. The first kappa shape index (κ1) is 12.6. The van der Waals surface area contributed by atoms with Crippen molar-refractivity contribution in [1.82, 2.24) is 4.98 Å². The first-order valence-corrected chi connectivity index (χ1v) is 6.53. The molecule has 0 atom stereocenters. The summed E-state index contributed by atoms with van der Waals surface area (Å²) in [5.41, 5.74) is 1.88. The Kier molecular flexibility index (Phi) is 3.35. The molecule has 3 aromatic rings. The molecular weight excluding hydrogens is 272 g/mol. The van der Waals surface area contributed by atoms with Gasteiger partial charge in [-0.3, -0.25) is 4.79 Å². The highest BCUT2D eigenvalue weighted by Crippen LogP contribution is 2.15. The van der Waals surface area contributed by atoms with Crippen LogP contribution in [0.2, 0.25) is 5.02 Å². The van der Waals surface area contributed by atoms with Gasteiger partial charge in [0.2, 0.25) is 0 Å². The average molecular weight is 283 g/mol. The van der Waals surface area contributed by atoms with Crippen molar-refractivity contribution >= 4 is 34.1 Å². The maximum Gasteiger partial charge on any atom is 0.274 e. The number of halogens is 1. The van der Waals surface area contributed by atoms with Gasteiger partial charge in [0, 0.05) is 16.1 Å². The topological polar surface area (TPSA) is 42.0 Å². The van der Waals surface area contributed by atoms with E-state index in [0.717, 1.165) is 10.9 Å². The van der Waals surface area contributed by atoms with Crippen LogP contribution in [-0.4, -0.2) is 10.9 Å². The number of benzene rings is 2. The zero-order chi connectivity index (χ0) is 13.9. The molecule has 0 spiro atoms. The maximum atomic E-state index is 12.1. The van der Waals surface area contributed by atoms with Gasteiger partial charge in [0.05, 0.1) is 5.52 Å². The molecule has 0 aliphatic carbocycles. The number of carbonyl (C=O) groups is 1. The first-order valence-electron chi connectivity index (χ1n) is 6.15. The first-order chi connectivity index (χ1) is 9.72. The van der Waals surface area contributed by atoms with Gasteiger partial charge >= 0.3 is 0 Å². The predicted octanol–water partition coefficient (Wildman–Crippen LogP) is 4.14. The Labute approximate surface area is 121 Å². The highest BCUT2D eigenvalue weighted by molar-refractivity contribution is 6.30. The Hall–Kier alpha value is -2.39. The van der Waals surface area contributed by atoms with Crippen molar-refractivity contribution in [1.29, 1.82) is 0 Å². The molecule has 0 fully saturated rings. The van der Waals surface area contributed by atoms with Crippen molar-refractivity contribution in [3.63, 3.8) is 0 Å². The van der Waals surface area contributed by atoms with Crippen molar-refractivity contribution in [2.24, 2.45) is 0 Å². The fraction of sp³-hybridized carbons (Fsp3) is 0. The molecule has 3 nitrogen and oxygen atoms in total. The molecule has 0 unspecified atom stereocenters. The monoisotopic (exact) mass is 282 g/mol. The number of nitrogens with zero attached hydrogens (tertiary/aromatic N) is 1. The lowest BCUT2D eigenvalue weighted by molar-refractivity contribution is 0.102. The molecule has 1 aromatic heterocycles. The van der Waals surface area contributed by atoms with Gasteiger partial charge < -0.3 is 5.32 Å². The molecular formula is C16H11ClN2O. The quantitative estimate of drug-likeness (QED) is 0.767. The van der Waals surface area contributed by atoms with Crippen LogP contribution in [0.3, 0.4) is 0 Å². The van der Waals surface area contributed by atoms with Gasteiger partial charge in [-0.05, 0) is 36.4 Å². The lowest BCUT2D eigenvalue weighted by Crippen LogP contribution is -2.13. The third-order valence-electron chi connectivity index (χ3n) is 2.93. The number of hydrogen-bond acceptors (Lipinski definition) is 2. The number of amides is 1. The molecule has 0 saturated carbocycles. The largest absolute Gasteiger partial charge is 0.321 e. The van der Waals surface area contributed by atoms with E-state index in [1.807, 2.05) is 30.3 Å². The van der Waals surface area contributed by atoms with E-state index in [1.54, 1.807) is 30.3 Å². The summed E-state index contributed by atoms with van der Waals surface area (Å²) in [5.74, 6) is -0.238. The fourth-order valence-electron chi connectivity index (χ4n) is 1.92. The highest BCUT2D eigenvalue weighted by Gasteiger charge is 2.08. The van der Waals surface area contributed by atoms with Crippen LogP contribution >= 0.6 is 11.6 Å². The standard InChI is InChI=1S/C16H11ClN2O/c17-12-6-8-13(9-7-12)18-16(20)15-10-5-11-3-1-2-4-14(11)19-15/h1-10H,(H,18,20). The second-order valence-electron chi connectivity index (χ2n) is 4.35. The number of carbonyl (C=O) groups excluding carboxylic acids is 1. The summed E-state index contributed by atoms with van der Waals surface area (Å²) < 4.78 is 0. The summed E-state index contributed by atoms with van der Waals surface area (Å²) in [6, 6.07) is 18.2.